The van der Waals surface area contributed by atoms with E-state index < -0.39 is 0 Å². The molecule has 7 heavy (non-hydrogen) atoms. The van der Waals surface area contributed by atoms with Crippen LogP contribution in [0.5, 0.6) is 0 Å². The number of halogens is 1. The molecule has 0 radical (unpaired) electrons. The second-order valence-electron chi connectivity index (χ2n) is 1.32. The van der Waals surface area contributed by atoms with Gasteiger partial charge in [-0.2, -0.15) is 0 Å². The van der Waals surface area contributed by atoms with Gasteiger partial charge in [-0.15, -0.1) is 0 Å². The van der Waals surface area contributed by atoms with Crippen molar-refractivity contribution in [1.29, 1.82) is 0 Å². The van der Waals surface area contributed by atoms with Crippen molar-refractivity contribution in [1.82, 2.24) is 0 Å². The Morgan fingerprint density at radius 2 is 2.43 bits per heavy atom. The van der Waals surface area contributed by atoms with Crippen molar-refractivity contribution < 1.29 is 4.39 Å². The fraction of sp³-hybridized carbons (Fsp3) is 0. The maximum atomic E-state index is 12.1. The van der Waals surface area contributed by atoms with Gasteiger partial charge in [-0.1, -0.05) is 0 Å². The van der Waals surface area contributed by atoms with Crippen molar-refractivity contribution in [2.45, 2.75) is 0 Å². The Kier molecular flexibility index (Phi) is 1.53. The summed E-state index contributed by atoms with van der Waals surface area (Å²) >= 11 is 3.19. The predicted octanol–water partition coefficient (Wildman–Crippen LogP) is 0.681. The normalized spacial score (nSPS) is 9.57. The Labute approximate surface area is 54.6 Å². The third-order valence-electron chi connectivity index (χ3n) is 0.796. The minimum absolute atomic E-state index is 0.0926. The summed E-state index contributed by atoms with van der Waals surface area (Å²) in [5.74, 6) is -0.0926. The standard InChI is InChI=1S/C4H2FS.Li/c5-4-1-2-6-3-4;/h1-2H;. The first kappa shape index (κ1) is 5.37. The van der Waals surface area contributed by atoms with Gasteiger partial charge in [0.25, 0.3) is 0 Å². The minimum atomic E-state index is -0.0926. The van der Waals surface area contributed by atoms with Crippen molar-refractivity contribution in [3.05, 3.63) is 17.3 Å². The summed E-state index contributed by atoms with van der Waals surface area (Å²) in [7, 11) is 0. The molecule has 32 valence electrons. The fourth-order valence-corrected chi connectivity index (χ4v) is 0.942. The zero-order valence-electron chi connectivity index (χ0n) is 3.94. The van der Waals surface area contributed by atoms with Crippen molar-refractivity contribution in [3.63, 3.8) is 0 Å². The van der Waals surface area contributed by atoms with Gasteiger partial charge in [0.1, 0.15) is 0 Å². The van der Waals surface area contributed by atoms with E-state index in [0.29, 0.717) is 0 Å². The Balaban J connectivity index is 3.12. The molecule has 0 N–H and O–H groups in total. The molecule has 0 saturated carbocycles. The predicted molar refractivity (Wildman–Crippen MR) is 29.7 cm³/mol. The second kappa shape index (κ2) is 2.00. The van der Waals surface area contributed by atoms with Crippen LogP contribution in [0.4, 0.5) is 4.39 Å². The van der Waals surface area contributed by atoms with Crippen molar-refractivity contribution in [2.75, 3.05) is 0 Å². The molecule has 0 aromatic carbocycles. The average Bonchev–Trinajstić information content (AvgIpc) is 1.91. The molecular formula is C4H2FLiS. The number of hydrogen-bond acceptors (Lipinski definition) is 1. The number of thiophene rings is 1. The van der Waals surface area contributed by atoms with Crippen LogP contribution >= 0.6 is 11.3 Å². The molecule has 1 heterocycles. The van der Waals surface area contributed by atoms with Gasteiger partial charge in [0.2, 0.25) is 0 Å². The molecule has 0 fully saturated rings. The summed E-state index contributed by atoms with van der Waals surface area (Å²) in [6, 6.07) is 1.47. The summed E-state index contributed by atoms with van der Waals surface area (Å²) in [6.07, 6.45) is 0. The zero-order chi connectivity index (χ0) is 5.28. The van der Waals surface area contributed by atoms with Crippen molar-refractivity contribution in [2.24, 2.45) is 0 Å². The van der Waals surface area contributed by atoms with E-state index in [2.05, 4.69) is 0 Å². The summed E-state index contributed by atoms with van der Waals surface area (Å²) in [5, 5.41) is 1.74. The quantitative estimate of drug-likeness (QED) is 0.429. The van der Waals surface area contributed by atoms with Gasteiger partial charge in [0.05, 0.1) is 0 Å². The molecule has 1 aromatic heterocycles. The van der Waals surface area contributed by atoms with Gasteiger partial charge < -0.3 is 0 Å². The Morgan fingerprint density at radius 3 is 2.57 bits per heavy atom. The molecule has 0 saturated heterocycles. The second-order valence-corrected chi connectivity index (χ2v) is 2.44. The molecule has 0 spiro atoms. The molecule has 1 aromatic rings. The van der Waals surface area contributed by atoms with Crippen LogP contribution in [0.1, 0.15) is 0 Å². The molecular weight excluding hydrogens is 106 g/mol. The van der Waals surface area contributed by atoms with Gasteiger partial charge in [0, 0.05) is 0 Å². The Morgan fingerprint density at radius 1 is 1.71 bits per heavy atom. The summed E-state index contributed by atoms with van der Waals surface area (Å²) in [4.78, 5) is 0. The van der Waals surface area contributed by atoms with Crippen molar-refractivity contribution in [3.8, 4) is 0 Å². The summed E-state index contributed by atoms with van der Waals surface area (Å²) in [6.45, 7) is 0. The zero-order valence-corrected chi connectivity index (χ0v) is 4.76. The maximum absolute atomic E-state index is 12.1. The molecule has 0 nitrogen and oxygen atoms in total. The van der Waals surface area contributed by atoms with E-state index in [0.717, 1.165) is 3.55 Å². The van der Waals surface area contributed by atoms with Gasteiger partial charge >= 0.3 is 54.3 Å². The Bertz CT molecular complexity index is 144. The molecule has 1 rings (SSSR count). The van der Waals surface area contributed by atoms with Gasteiger partial charge in [-0.3, -0.25) is 0 Å². The van der Waals surface area contributed by atoms with Crippen LogP contribution in [0.15, 0.2) is 11.4 Å². The van der Waals surface area contributed by atoms with E-state index in [-0.39, 0.29) is 5.82 Å². The first-order valence-corrected chi connectivity index (χ1v) is 2.88. The summed E-state index contributed by atoms with van der Waals surface area (Å²) in [5.41, 5.74) is 0. The van der Waals surface area contributed by atoms with E-state index in [1.807, 2.05) is 0 Å². The number of rotatable bonds is 0. The van der Waals surface area contributed by atoms with E-state index in [1.165, 1.54) is 17.4 Å². The molecule has 0 bridgehead atoms. The van der Waals surface area contributed by atoms with E-state index in [1.54, 1.807) is 23.1 Å². The molecule has 0 amide bonds. The van der Waals surface area contributed by atoms with Crippen LogP contribution in [0, 0.1) is 5.82 Å². The number of hydrogen-bond donors (Lipinski definition) is 0. The summed E-state index contributed by atoms with van der Waals surface area (Å²) < 4.78 is 12.9. The van der Waals surface area contributed by atoms with Crippen LogP contribution in [-0.4, -0.2) is 17.7 Å². The molecule has 0 atom stereocenters. The molecule has 3 heteroatoms. The van der Waals surface area contributed by atoms with Crippen LogP contribution in [0.25, 0.3) is 0 Å². The monoisotopic (exact) mass is 108 g/mol. The van der Waals surface area contributed by atoms with Gasteiger partial charge in [-0.05, 0) is 0 Å². The first-order valence-electron chi connectivity index (χ1n) is 2.00. The molecule has 0 aliphatic carbocycles. The van der Waals surface area contributed by atoms with Crippen LogP contribution in [0.2, 0.25) is 0 Å². The third kappa shape index (κ3) is 1.06. The van der Waals surface area contributed by atoms with Crippen LogP contribution in [0.3, 0.4) is 0 Å². The van der Waals surface area contributed by atoms with Crippen LogP contribution < -0.4 is 3.55 Å². The molecule has 0 aliphatic rings. The third-order valence-corrected chi connectivity index (χ3v) is 1.62. The van der Waals surface area contributed by atoms with Gasteiger partial charge in [0.15, 0.2) is 0 Å². The van der Waals surface area contributed by atoms with E-state index in [9.17, 15) is 4.39 Å². The van der Waals surface area contributed by atoms with Crippen LogP contribution in [-0.2, 0) is 0 Å². The fourth-order valence-electron chi connectivity index (χ4n) is 0.369. The first-order chi connectivity index (χ1) is 3.30. The van der Waals surface area contributed by atoms with E-state index >= 15 is 0 Å². The molecule has 0 aliphatic heterocycles. The van der Waals surface area contributed by atoms with Crippen molar-refractivity contribution >= 4 is 32.6 Å². The van der Waals surface area contributed by atoms with Gasteiger partial charge in [-0.25, -0.2) is 0 Å². The SMILES string of the molecule is [Li][c]1sccc1F. The van der Waals surface area contributed by atoms with E-state index in [4.69, 9.17) is 0 Å². The topological polar surface area (TPSA) is 0 Å². The Hall–Kier alpha value is 0.227. The average molecular weight is 108 g/mol. The molecule has 0 unspecified atom stereocenters.